The number of nitrogens with zero attached hydrogens (tertiary/aromatic N) is 3. The number of carbonyl (C=O) groups is 1. The van der Waals surface area contributed by atoms with Gasteiger partial charge in [-0.25, -0.2) is 0 Å². The number of nitrogens with one attached hydrogen (secondary N) is 1. The van der Waals surface area contributed by atoms with Gasteiger partial charge in [0.15, 0.2) is 5.82 Å². The summed E-state index contributed by atoms with van der Waals surface area (Å²) in [4.78, 5) is 22.7. The number of aromatic amines is 1. The van der Waals surface area contributed by atoms with Crippen LogP contribution >= 0.6 is 11.6 Å². The first-order valence-corrected chi connectivity index (χ1v) is 9.45. The van der Waals surface area contributed by atoms with Gasteiger partial charge in [0.1, 0.15) is 11.7 Å². The maximum atomic E-state index is 13.3. The summed E-state index contributed by atoms with van der Waals surface area (Å²) in [6.07, 6.45) is 3.30. The van der Waals surface area contributed by atoms with Gasteiger partial charge in [0.2, 0.25) is 5.89 Å². The van der Waals surface area contributed by atoms with E-state index in [4.69, 9.17) is 20.9 Å². The largest absolute Gasteiger partial charge is 0.384 e. The lowest BCUT2D eigenvalue weighted by Crippen LogP contribution is -2.39. The molecule has 3 aromatic rings. The van der Waals surface area contributed by atoms with Crippen LogP contribution < -0.4 is 0 Å². The Balaban J connectivity index is 1.62. The zero-order valence-corrected chi connectivity index (χ0v) is 15.8. The Hall–Kier alpha value is -2.38. The number of carbonyl (C=O) groups excluding carboxylic acids is 1. The average molecular weight is 389 g/mol. The number of likely N-dealkylation sites (tertiary alicyclic amines) is 1. The number of H-pyrrole nitrogens is 1. The molecule has 1 N–H and O–H groups in total. The van der Waals surface area contributed by atoms with E-state index < -0.39 is 0 Å². The van der Waals surface area contributed by atoms with E-state index in [-0.39, 0.29) is 11.9 Å². The number of fused-ring (bicyclic) bond motifs is 1. The molecule has 7 nitrogen and oxygen atoms in total. The van der Waals surface area contributed by atoms with E-state index in [0.717, 1.165) is 30.2 Å². The first-order chi connectivity index (χ1) is 13.2. The Labute approximate surface area is 161 Å². The highest BCUT2D eigenvalue weighted by Crippen LogP contribution is 2.34. The van der Waals surface area contributed by atoms with Crippen molar-refractivity contribution < 1.29 is 14.1 Å². The number of methoxy groups -OCH3 is 1. The molecule has 0 radical (unpaired) electrons. The number of piperidine rings is 1. The van der Waals surface area contributed by atoms with Crippen LogP contribution in [0.3, 0.4) is 0 Å². The molecule has 0 bridgehead atoms. The number of hydrogen-bond acceptors (Lipinski definition) is 5. The van der Waals surface area contributed by atoms with Gasteiger partial charge in [-0.3, -0.25) is 4.79 Å². The summed E-state index contributed by atoms with van der Waals surface area (Å²) in [5.74, 6) is 0.924. The first kappa shape index (κ1) is 18.0. The van der Waals surface area contributed by atoms with Crippen LogP contribution in [0.25, 0.3) is 10.9 Å². The quantitative estimate of drug-likeness (QED) is 0.719. The number of para-hydroxylation sites is 1. The third-order valence-corrected chi connectivity index (χ3v) is 5.31. The van der Waals surface area contributed by atoms with E-state index in [0.29, 0.717) is 42.0 Å². The van der Waals surface area contributed by atoms with E-state index in [1.807, 2.05) is 24.3 Å². The number of halogens is 1. The fourth-order valence-corrected chi connectivity index (χ4v) is 3.82. The first-order valence-electron chi connectivity index (χ1n) is 9.07. The summed E-state index contributed by atoms with van der Waals surface area (Å²) < 4.78 is 10.5. The lowest BCUT2D eigenvalue weighted by atomic mass is 10.0. The van der Waals surface area contributed by atoms with Gasteiger partial charge < -0.3 is 19.1 Å². The van der Waals surface area contributed by atoms with E-state index >= 15 is 0 Å². The zero-order chi connectivity index (χ0) is 18.8. The van der Waals surface area contributed by atoms with E-state index in [1.165, 1.54) is 0 Å². The van der Waals surface area contributed by atoms with Crippen LogP contribution in [-0.2, 0) is 11.2 Å². The summed E-state index contributed by atoms with van der Waals surface area (Å²) in [5, 5.41) is 5.30. The highest BCUT2D eigenvalue weighted by Gasteiger charge is 2.34. The number of rotatable bonds is 5. The molecule has 0 aliphatic carbocycles. The number of aromatic nitrogens is 3. The number of amides is 1. The van der Waals surface area contributed by atoms with Gasteiger partial charge in [0.25, 0.3) is 5.91 Å². The van der Waals surface area contributed by atoms with Crippen LogP contribution in [0.4, 0.5) is 0 Å². The summed E-state index contributed by atoms with van der Waals surface area (Å²) >= 11 is 6.48. The Kier molecular flexibility index (Phi) is 5.13. The van der Waals surface area contributed by atoms with Crippen LogP contribution in [-0.4, -0.2) is 46.2 Å². The van der Waals surface area contributed by atoms with Crippen LogP contribution in [0.2, 0.25) is 5.02 Å². The molecule has 3 heterocycles. The van der Waals surface area contributed by atoms with Gasteiger partial charge in [-0.1, -0.05) is 35.0 Å². The van der Waals surface area contributed by atoms with Crippen molar-refractivity contribution >= 4 is 28.4 Å². The van der Waals surface area contributed by atoms with Crippen molar-refractivity contribution in [2.75, 3.05) is 20.3 Å². The minimum absolute atomic E-state index is 0.141. The van der Waals surface area contributed by atoms with Crippen molar-refractivity contribution in [3.63, 3.8) is 0 Å². The van der Waals surface area contributed by atoms with E-state index in [2.05, 4.69) is 15.1 Å². The standard InChI is InChI=1S/C19H21ClN4O3/c1-26-11-9-15-22-18(27-23-15)14-8-4-5-10-24(14)19(25)17-16(20)12-6-2-3-7-13(12)21-17/h2-3,6-7,14,21H,4-5,8-11H2,1H3. The molecule has 1 atom stereocenters. The summed E-state index contributed by atoms with van der Waals surface area (Å²) in [7, 11) is 1.63. The lowest BCUT2D eigenvalue weighted by molar-refractivity contribution is 0.0556. The van der Waals surface area contributed by atoms with E-state index in [1.54, 1.807) is 12.0 Å². The molecule has 4 rings (SSSR count). The van der Waals surface area contributed by atoms with Crippen molar-refractivity contribution in [1.82, 2.24) is 20.0 Å². The third kappa shape index (κ3) is 3.44. The number of hydrogen-bond donors (Lipinski definition) is 1. The molecule has 2 aromatic heterocycles. The second kappa shape index (κ2) is 7.70. The van der Waals surface area contributed by atoms with Gasteiger partial charge in [-0.15, -0.1) is 0 Å². The van der Waals surface area contributed by atoms with Gasteiger partial charge in [0.05, 0.1) is 11.6 Å². The molecule has 142 valence electrons. The molecule has 8 heteroatoms. The Morgan fingerprint density at radius 1 is 1.41 bits per heavy atom. The monoisotopic (exact) mass is 388 g/mol. The van der Waals surface area contributed by atoms with Crippen LogP contribution in [0.15, 0.2) is 28.8 Å². The minimum atomic E-state index is -0.238. The fraction of sp³-hybridized carbons (Fsp3) is 0.421. The predicted octanol–water partition coefficient (Wildman–Crippen LogP) is 3.76. The van der Waals surface area contributed by atoms with Crippen LogP contribution in [0, 0.1) is 0 Å². The molecule has 1 saturated heterocycles. The molecule has 1 aromatic carbocycles. The molecule has 1 amide bonds. The van der Waals surface area contributed by atoms with Gasteiger partial charge in [-0.05, 0) is 25.3 Å². The molecule has 0 spiro atoms. The van der Waals surface area contributed by atoms with Crippen LogP contribution in [0.5, 0.6) is 0 Å². The maximum absolute atomic E-state index is 13.3. The number of benzene rings is 1. The predicted molar refractivity (Wildman–Crippen MR) is 101 cm³/mol. The third-order valence-electron chi connectivity index (χ3n) is 4.92. The number of ether oxygens (including phenoxy) is 1. The van der Waals surface area contributed by atoms with Gasteiger partial charge >= 0.3 is 0 Å². The molecule has 27 heavy (non-hydrogen) atoms. The van der Waals surface area contributed by atoms with E-state index in [9.17, 15) is 4.79 Å². The smallest absolute Gasteiger partial charge is 0.272 e. The SMILES string of the molecule is COCCc1noc(C2CCCCN2C(=O)c2[nH]c3ccccc3c2Cl)n1. The minimum Gasteiger partial charge on any atom is -0.384 e. The highest BCUT2D eigenvalue weighted by atomic mass is 35.5. The zero-order valence-electron chi connectivity index (χ0n) is 15.1. The van der Waals surface area contributed by atoms with Crippen molar-refractivity contribution in [3.05, 3.63) is 46.7 Å². The Morgan fingerprint density at radius 2 is 2.26 bits per heavy atom. The van der Waals surface area contributed by atoms with Crippen molar-refractivity contribution in [1.29, 1.82) is 0 Å². The topological polar surface area (TPSA) is 84.3 Å². The molecular weight excluding hydrogens is 368 g/mol. The molecule has 1 fully saturated rings. The summed E-state index contributed by atoms with van der Waals surface area (Å²) in [6, 6.07) is 7.38. The normalized spacial score (nSPS) is 17.6. The van der Waals surface area contributed by atoms with Crippen molar-refractivity contribution in [2.45, 2.75) is 31.7 Å². The Morgan fingerprint density at radius 3 is 3.07 bits per heavy atom. The maximum Gasteiger partial charge on any atom is 0.272 e. The fourth-order valence-electron chi connectivity index (χ4n) is 3.53. The highest BCUT2D eigenvalue weighted by molar-refractivity contribution is 6.38. The van der Waals surface area contributed by atoms with Gasteiger partial charge in [-0.2, -0.15) is 4.98 Å². The van der Waals surface area contributed by atoms with Gasteiger partial charge in [0, 0.05) is 31.0 Å². The molecule has 1 unspecified atom stereocenters. The second-order valence-electron chi connectivity index (χ2n) is 6.66. The summed E-state index contributed by atoms with van der Waals surface area (Å²) in [6.45, 7) is 1.15. The molecule has 1 aliphatic heterocycles. The summed E-state index contributed by atoms with van der Waals surface area (Å²) in [5.41, 5.74) is 1.25. The average Bonchev–Trinajstić information content (AvgIpc) is 3.31. The Bertz CT molecular complexity index is 951. The van der Waals surface area contributed by atoms with Crippen LogP contribution in [0.1, 0.15) is 47.5 Å². The molecular formula is C19H21ClN4O3. The van der Waals surface area contributed by atoms with Crippen molar-refractivity contribution in [3.8, 4) is 0 Å². The molecule has 1 aliphatic rings. The lowest BCUT2D eigenvalue weighted by Gasteiger charge is -2.33. The molecule has 0 saturated carbocycles. The van der Waals surface area contributed by atoms with Crippen molar-refractivity contribution in [2.24, 2.45) is 0 Å². The second-order valence-corrected chi connectivity index (χ2v) is 7.04.